The number of aliphatic hydroxyl groups excluding tert-OH is 1. The first-order chi connectivity index (χ1) is 8.70. The van der Waals surface area contributed by atoms with E-state index in [9.17, 15) is 10.2 Å². The molecule has 0 amide bonds. The molecule has 0 radical (unpaired) electrons. The average Bonchev–Trinajstić information content (AvgIpc) is 2.40. The molecule has 3 N–H and O–H groups in total. The van der Waals surface area contributed by atoms with Crippen molar-refractivity contribution in [3.63, 3.8) is 0 Å². The molecule has 1 aromatic rings. The van der Waals surface area contributed by atoms with E-state index in [0.29, 0.717) is 24.2 Å². The van der Waals surface area contributed by atoms with Crippen LogP contribution in [0.3, 0.4) is 0 Å². The molecule has 4 nitrogen and oxygen atoms in total. The minimum Gasteiger partial charge on any atom is -0.506 e. The predicted octanol–water partition coefficient (Wildman–Crippen LogP) is 1.74. The molecule has 18 heavy (non-hydrogen) atoms. The lowest BCUT2D eigenvalue weighted by Gasteiger charge is -2.31. The fourth-order valence-corrected chi connectivity index (χ4v) is 2.66. The van der Waals surface area contributed by atoms with Crippen LogP contribution in [0.2, 0.25) is 0 Å². The van der Waals surface area contributed by atoms with Gasteiger partial charge < -0.3 is 15.5 Å². The largest absolute Gasteiger partial charge is 0.506 e. The van der Waals surface area contributed by atoms with Crippen molar-refractivity contribution in [2.75, 3.05) is 6.61 Å². The maximum absolute atomic E-state index is 9.74. The maximum Gasteiger partial charge on any atom is 0.138 e. The van der Waals surface area contributed by atoms with Gasteiger partial charge in [-0.05, 0) is 37.8 Å². The zero-order chi connectivity index (χ0) is 13.0. The number of hydrogen-bond acceptors (Lipinski definition) is 4. The van der Waals surface area contributed by atoms with Crippen molar-refractivity contribution >= 4 is 0 Å². The van der Waals surface area contributed by atoms with Gasteiger partial charge in [0, 0.05) is 24.9 Å². The molecule has 2 atom stereocenters. The molecule has 0 aromatic carbocycles. The van der Waals surface area contributed by atoms with Gasteiger partial charge in [0.25, 0.3) is 0 Å². The van der Waals surface area contributed by atoms with E-state index in [1.807, 2.05) is 6.92 Å². The van der Waals surface area contributed by atoms with Crippen LogP contribution in [0.5, 0.6) is 5.75 Å². The SMILES string of the molecule is Cc1ccc(O)c(CNC2CCCCC2CO)n1. The summed E-state index contributed by atoms with van der Waals surface area (Å²) in [5, 5.41) is 22.5. The highest BCUT2D eigenvalue weighted by atomic mass is 16.3. The van der Waals surface area contributed by atoms with Crippen LogP contribution in [0.25, 0.3) is 0 Å². The number of nitrogens with zero attached hydrogens (tertiary/aromatic N) is 1. The molecule has 4 heteroatoms. The summed E-state index contributed by atoms with van der Waals surface area (Å²) in [6.07, 6.45) is 4.60. The van der Waals surface area contributed by atoms with E-state index in [0.717, 1.165) is 18.5 Å². The standard InChI is InChI=1S/C14H22N2O2/c1-10-6-7-14(18)13(16-10)8-15-12-5-3-2-4-11(12)9-17/h6-7,11-12,15,17-18H,2-5,8-9H2,1H3. The molecule has 1 aliphatic carbocycles. The fraction of sp³-hybridized carbons (Fsp3) is 0.643. The van der Waals surface area contributed by atoms with Crippen LogP contribution in [0.4, 0.5) is 0 Å². The van der Waals surface area contributed by atoms with Crippen LogP contribution >= 0.6 is 0 Å². The Morgan fingerprint density at radius 3 is 2.89 bits per heavy atom. The number of aryl methyl sites for hydroxylation is 1. The van der Waals surface area contributed by atoms with E-state index in [1.54, 1.807) is 12.1 Å². The number of pyridine rings is 1. The van der Waals surface area contributed by atoms with E-state index in [2.05, 4.69) is 10.3 Å². The Morgan fingerprint density at radius 1 is 1.33 bits per heavy atom. The summed E-state index contributed by atoms with van der Waals surface area (Å²) >= 11 is 0. The first kappa shape index (κ1) is 13.3. The number of aromatic hydroxyl groups is 1. The second kappa shape index (κ2) is 6.16. The Hall–Kier alpha value is -1.13. The van der Waals surface area contributed by atoms with E-state index in [-0.39, 0.29) is 12.4 Å². The second-order valence-electron chi connectivity index (χ2n) is 5.13. The molecule has 1 fully saturated rings. The van der Waals surface area contributed by atoms with Gasteiger partial charge in [-0.2, -0.15) is 0 Å². The van der Waals surface area contributed by atoms with E-state index in [1.165, 1.54) is 12.8 Å². The third-order valence-corrected chi connectivity index (χ3v) is 3.76. The number of aliphatic hydroxyl groups is 1. The normalized spacial score (nSPS) is 24.1. The number of nitrogens with one attached hydrogen (secondary N) is 1. The van der Waals surface area contributed by atoms with Crippen molar-refractivity contribution in [1.29, 1.82) is 0 Å². The highest BCUT2D eigenvalue weighted by molar-refractivity contribution is 5.27. The van der Waals surface area contributed by atoms with Gasteiger partial charge >= 0.3 is 0 Å². The van der Waals surface area contributed by atoms with E-state index < -0.39 is 0 Å². The summed E-state index contributed by atoms with van der Waals surface area (Å²) in [5.41, 5.74) is 1.60. The molecule has 1 aliphatic rings. The molecule has 2 rings (SSSR count). The topological polar surface area (TPSA) is 65.4 Å². The zero-order valence-electron chi connectivity index (χ0n) is 10.9. The predicted molar refractivity (Wildman–Crippen MR) is 70.3 cm³/mol. The molecule has 0 bridgehead atoms. The van der Waals surface area contributed by atoms with Crippen molar-refractivity contribution in [3.8, 4) is 5.75 Å². The lowest BCUT2D eigenvalue weighted by Crippen LogP contribution is -2.39. The summed E-state index contributed by atoms with van der Waals surface area (Å²) < 4.78 is 0. The zero-order valence-corrected chi connectivity index (χ0v) is 10.9. The van der Waals surface area contributed by atoms with Crippen molar-refractivity contribution in [3.05, 3.63) is 23.5 Å². The van der Waals surface area contributed by atoms with Crippen LogP contribution < -0.4 is 5.32 Å². The smallest absolute Gasteiger partial charge is 0.138 e. The third kappa shape index (κ3) is 3.21. The van der Waals surface area contributed by atoms with Crippen molar-refractivity contribution in [2.45, 2.75) is 45.2 Å². The Bertz CT molecular complexity index is 395. The molecule has 1 aromatic heterocycles. The minimum absolute atomic E-state index is 0.240. The van der Waals surface area contributed by atoms with Gasteiger partial charge in [0.1, 0.15) is 5.75 Å². The van der Waals surface area contributed by atoms with Gasteiger partial charge in [0.05, 0.1) is 5.69 Å². The van der Waals surface area contributed by atoms with Crippen LogP contribution in [0, 0.1) is 12.8 Å². The lowest BCUT2D eigenvalue weighted by atomic mass is 9.85. The Balaban J connectivity index is 1.95. The fourth-order valence-electron chi connectivity index (χ4n) is 2.66. The molecule has 2 unspecified atom stereocenters. The van der Waals surface area contributed by atoms with Crippen LogP contribution in [0.15, 0.2) is 12.1 Å². The first-order valence-corrected chi connectivity index (χ1v) is 6.70. The molecule has 0 spiro atoms. The van der Waals surface area contributed by atoms with Crippen molar-refractivity contribution < 1.29 is 10.2 Å². The Kier molecular flexibility index (Phi) is 4.55. The summed E-state index contributed by atoms with van der Waals surface area (Å²) in [6, 6.07) is 3.82. The summed E-state index contributed by atoms with van der Waals surface area (Å²) in [6.45, 7) is 2.72. The van der Waals surface area contributed by atoms with Gasteiger partial charge in [-0.3, -0.25) is 4.98 Å². The monoisotopic (exact) mass is 250 g/mol. The number of hydrogen-bond donors (Lipinski definition) is 3. The summed E-state index contributed by atoms with van der Waals surface area (Å²) in [7, 11) is 0. The molecule has 100 valence electrons. The number of rotatable bonds is 4. The minimum atomic E-state index is 0.240. The highest BCUT2D eigenvalue weighted by Gasteiger charge is 2.24. The van der Waals surface area contributed by atoms with Crippen LogP contribution in [-0.4, -0.2) is 27.8 Å². The molecule has 0 aliphatic heterocycles. The average molecular weight is 250 g/mol. The van der Waals surface area contributed by atoms with Gasteiger partial charge in [0.15, 0.2) is 0 Å². The van der Waals surface area contributed by atoms with Crippen LogP contribution in [0.1, 0.15) is 37.1 Å². The Labute approximate surface area is 108 Å². The molecular weight excluding hydrogens is 228 g/mol. The van der Waals surface area contributed by atoms with Gasteiger partial charge in [-0.1, -0.05) is 12.8 Å². The quantitative estimate of drug-likeness (QED) is 0.761. The lowest BCUT2D eigenvalue weighted by molar-refractivity contribution is 0.152. The molecule has 0 saturated heterocycles. The van der Waals surface area contributed by atoms with Crippen LogP contribution in [-0.2, 0) is 6.54 Å². The van der Waals surface area contributed by atoms with Crippen molar-refractivity contribution in [1.82, 2.24) is 10.3 Å². The molecule has 1 heterocycles. The molecule has 1 saturated carbocycles. The Morgan fingerprint density at radius 2 is 2.11 bits per heavy atom. The summed E-state index contributed by atoms with van der Waals surface area (Å²) in [4.78, 5) is 4.33. The van der Waals surface area contributed by atoms with Crippen molar-refractivity contribution in [2.24, 2.45) is 5.92 Å². The number of aromatic nitrogens is 1. The summed E-state index contributed by atoms with van der Waals surface area (Å²) in [5.74, 6) is 0.579. The van der Waals surface area contributed by atoms with E-state index in [4.69, 9.17) is 0 Å². The van der Waals surface area contributed by atoms with E-state index >= 15 is 0 Å². The van der Waals surface area contributed by atoms with Gasteiger partial charge in [0.2, 0.25) is 0 Å². The molecular formula is C14H22N2O2. The first-order valence-electron chi connectivity index (χ1n) is 6.70. The highest BCUT2D eigenvalue weighted by Crippen LogP contribution is 2.24. The third-order valence-electron chi connectivity index (χ3n) is 3.76. The maximum atomic E-state index is 9.74. The second-order valence-corrected chi connectivity index (χ2v) is 5.13. The van der Waals surface area contributed by atoms with Gasteiger partial charge in [-0.25, -0.2) is 0 Å². The van der Waals surface area contributed by atoms with Gasteiger partial charge in [-0.15, -0.1) is 0 Å².